The Bertz CT molecular complexity index is 1710. The Morgan fingerprint density at radius 1 is 1.00 bits per heavy atom. The Hall–Kier alpha value is -3.67. The van der Waals surface area contributed by atoms with Crippen molar-refractivity contribution in [3.63, 3.8) is 0 Å². The Morgan fingerprint density at radius 3 is 2.17 bits per heavy atom. The van der Waals surface area contributed by atoms with Crippen LogP contribution >= 0.6 is 11.6 Å². The zero-order valence-corrected chi connectivity index (χ0v) is 33.3. The average Bonchev–Trinajstić information content (AvgIpc) is 3.58. The summed E-state index contributed by atoms with van der Waals surface area (Å²) in [5.41, 5.74) is 5.11. The van der Waals surface area contributed by atoms with E-state index in [0.717, 1.165) is 0 Å². The molecule has 4 atom stereocenters. The van der Waals surface area contributed by atoms with E-state index in [1.807, 2.05) is 6.07 Å². The van der Waals surface area contributed by atoms with Crippen molar-refractivity contribution in [1.82, 2.24) is 19.5 Å². The number of imidazole rings is 1. The fraction of sp³-hybridized carbons (Fsp3) is 0.600. The number of benzene rings is 1. The minimum atomic E-state index is -2.51. The molecule has 1 aromatic carbocycles. The summed E-state index contributed by atoms with van der Waals surface area (Å²) in [5, 5.41) is 2.22. The second kappa shape index (κ2) is 16.1. The second-order valence-corrected chi connectivity index (χ2v) is 20.1. The van der Waals surface area contributed by atoms with Crippen LogP contribution in [0, 0.1) is 0 Å². The molecule has 0 radical (unpaired) electrons. The first kappa shape index (κ1) is 41.1. The number of carbonyl (C=O) groups is 3. The highest BCUT2D eigenvalue weighted by atomic mass is 35.5. The number of carbonyl (C=O) groups excluding carboxylic acids is 3. The van der Waals surface area contributed by atoms with Gasteiger partial charge in [-0.2, -0.15) is 9.97 Å². The van der Waals surface area contributed by atoms with Crippen molar-refractivity contribution in [2.45, 2.75) is 116 Å². The molecule has 0 aliphatic carbocycles. The monoisotopic (exact) mass is 762 g/mol. The van der Waals surface area contributed by atoms with Crippen molar-refractivity contribution in [3.05, 3.63) is 47.5 Å². The first-order chi connectivity index (χ1) is 24.2. The molecule has 52 heavy (non-hydrogen) atoms. The van der Waals surface area contributed by atoms with E-state index in [1.165, 1.54) is 6.33 Å². The molecular formula is C35H51ClN6O9Si. The van der Waals surface area contributed by atoms with Crippen LogP contribution < -0.4 is 11.1 Å². The number of amides is 1. The summed E-state index contributed by atoms with van der Waals surface area (Å²) >= 11 is 6.36. The highest BCUT2D eigenvalue weighted by molar-refractivity contribution is 6.74. The van der Waals surface area contributed by atoms with E-state index in [2.05, 4.69) is 54.1 Å². The zero-order chi connectivity index (χ0) is 38.6. The highest BCUT2D eigenvalue weighted by Gasteiger charge is 2.54. The van der Waals surface area contributed by atoms with E-state index in [0.29, 0.717) is 5.56 Å². The largest absolute Gasteiger partial charge is 0.463 e. The van der Waals surface area contributed by atoms with Crippen LogP contribution in [0.15, 0.2) is 36.7 Å². The van der Waals surface area contributed by atoms with Crippen LogP contribution in [0.3, 0.4) is 0 Å². The third-order valence-electron chi connectivity index (χ3n) is 8.93. The molecule has 1 saturated heterocycles. The summed E-state index contributed by atoms with van der Waals surface area (Å²) in [7, 11) is -2.51. The topological polar surface area (TPSA) is 188 Å². The molecule has 0 spiro atoms. The molecule has 0 saturated carbocycles. The van der Waals surface area contributed by atoms with Crippen LogP contribution in [0.1, 0.15) is 67.2 Å². The van der Waals surface area contributed by atoms with E-state index < -0.39 is 62.0 Å². The van der Waals surface area contributed by atoms with Gasteiger partial charge in [-0.3, -0.25) is 9.88 Å². The van der Waals surface area contributed by atoms with Crippen LogP contribution in [0.25, 0.3) is 11.2 Å². The van der Waals surface area contributed by atoms with Gasteiger partial charge in [-0.1, -0.05) is 51.1 Å². The summed E-state index contributed by atoms with van der Waals surface area (Å²) < 4.78 is 37.6. The van der Waals surface area contributed by atoms with Crippen molar-refractivity contribution >= 4 is 54.9 Å². The Balaban J connectivity index is 1.76. The molecule has 3 aromatic rings. The maximum Gasteiger partial charge on any atom is 0.413 e. The maximum atomic E-state index is 13.6. The minimum absolute atomic E-state index is 0.00494. The summed E-state index contributed by atoms with van der Waals surface area (Å²) in [4.78, 5) is 53.0. The molecule has 0 bridgehead atoms. The van der Waals surface area contributed by atoms with Crippen LogP contribution in [-0.4, -0.2) is 95.1 Å². The van der Waals surface area contributed by atoms with Crippen LogP contribution in [0.4, 0.5) is 10.6 Å². The fourth-order valence-electron chi connectivity index (χ4n) is 5.34. The normalized spacial score (nSPS) is 19.8. The van der Waals surface area contributed by atoms with Crippen molar-refractivity contribution in [2.24, 2.45) is 5.73 Å². The number of esters is 2. The van der Waals surface area contributed by atoms with Gasteiger partial charge in [0.1, 0.15) is 17.8 Å². The number of ether oxygens (including phenoxy) is 5. The van der Waals surface area contributed by atoms with Gasteiger partial charge in [-0.15, -0.1) is 0 Å². The standard InChI is InChI=1S/C35H51ClN6O9Si/c1-11-46-29(43)35(30(44)47-12-2,18-21-16-14-13-15-17-21)48-19-22-23(37)25(51-52(9,10)34(6,7)8)28(49-22)42-20-38-24-26(39-31(36)41-27(24)42)40-32(45)50-33(3,4)5/h13-17,20,22-23,25,28H,11-12,18-19,37H2,1-10H3,(H,39,40,41,45)/t22-,23-,25-,28-/m1/s1. The van der Waals surface area contributed by atoms with Crippen LogP contribution in [0.5, 0.6) is 0 Å². The third kappa shape index (κ3) is 9.27. The SMILES string of the molecule is CCOC(=O)C(Cc1ccccc1)(OC[C@H]1O[C@@H](n2cnc3c(NC(=O)OC(C)(C)C)nc(Cl)nc32)[C@H](O[Si](C)(C)C(C)(C)C)[C@@H]1N)C(=O)OCC. The van der Waals surface area contributed by atoms with E-state index in [1.54, 1.807) is 63.5 Å². The number of anilines is 1. The molecule has 2 aromatic heterocycles. The molecule has 1 aliphatic heterocycles. The smallest absolute Gasteiger partial charge is 0.413 e. The molecule has 1 amide bonds. The zero-order valence-electron chi connectivity index (χ0n) is 31.5. The predicted molar refractivity (Wildman–Crippen MR) is 196 cm³/mol. The molecule has 4 rings (SSSR count). The number of rotatable bonds is 13. The summed E-state index contributed by atoms with van der Waals surface area (Å²) in [6.45, 7) is 18.6. The van der Waals surface area contributed by atoms with Crippen molar-refractivity contribution in [2.75, 3.05) is 25.1 Å². The summed E-state index contributed by atoms with van der Waals surface area (Å²) in [5.74, 6) is -1.76. The number of hydrogen-bond acceptors (Lipinski definition) is 13. The molecule has 1 aliphatic rings. The molecule has 3 N–H and O–H groups in total. The van der Waals surface area contributed by atoms with Gasteiger partial charge in [0.05, 0.1) is 32.2 Å². The molecule has 17 heteroatoms. The second-order valence-electron chi connectivity index (χ2n) is 15.0. The first-order valence-electron chi connectivity index (χ1n) is 17.2. The molecular weight excluding hydrogens is 712 g/mol. The number of halogens is 1. The van der Waals surface area contributed by atoms with Crippen LogP contribution in [-0.2, 0) is 44.1 Å². The van der Waals surface area contributed by atoms with Crippen molar-refractivity contribution in [3.8, 4) is 0 Å². The molecule has 286 valence electrons. The number of hydrogen-bond donors (Lipinski definition) is 2. The molecule has 0 unspecified atom stereocenters. The molecule has 3 heterocycles. The lowest BCUT2D eigenvalue weighted by atomic mass is 9.93. The number of fused-ring (bicyclic) bond motifs is 1. The Labute approximate surface area is 310 Å². The summed E-state index contributed by atoms with van der Waals surface area (Å²) in [6.07, 6.45) is -2.07. The highest BCUT2D eigenvalue weighted by Crippen LogP contribution is 2.42. The third-order valence-corrected chi connectivity index (χ3v) is 13.6. The van der Waals surface area contributed by atoms with Crippen LogP contribution in [0.2, 0.25) is 23.4 Å². The Morgan fingerprint density at radius 2 is 1.62 bits per heavy atom. The van der Waals surface area contributed by atoms with E-state index in [-0.39, 0.29) is 53.5 Å². The lowest BCUT2D eigenvalue weighted by Gasteiger charge is -2.40. The molecule has 1 fully saturated rings. The molecule has 15 nitrogen and oxygen atoms in total. The lowest BCUT2D eigenvalue weighted by molar-refractivity contribution is -0.195. The number of aromatic nitrogens is 4. The van der Waals surface area contributed by atoms with Gasteiger partial charge < -0.3 is 33.8 Å². The maximum absolute atomic E-state index is 13.6. The number of nitrogens with one attached hydrogen (secondary N) is 1. The average molecular weight is 763 g/mol. The van der Waals surface area contributed by atoms with E-state index >= 15 is 0 Å². The van der Waals surface area contributed by atoms with Gasteiger partial charge in [0, 0.05) is 6.42 Å². The Kier molecular flexibility index (Phi) is 12.8. The van der Waals surface area contributed by atoms with E-state index in [4.69, 9.17) is 45.4 Å². The number of nitrogens with zero attached hydrogens (tertiary/aromatic N) is 4. The lowest BCUT2D eigenvalue weighted by Crippen LogP contribution is -2.55. The fourth-order valence-corrected chi connectivity index (χ4v) is 6.81. The van der Waals surface area contributed by atoms with Gasteiger partial charge in [-0.25, -0.2) is 19.4 Å². The quantitative estimate of drug-likeness (QED) is 0.0724. The van der Waals surface area contributed by atoms with Gasteiger partial charge in [0.2, 0.25) is 5.28 Å². The van der Waals surface area contributed by atoms with Gasteiger partial charge in [0.15, 0.2) is 31.5 Å². The minimum Gasteiger partial charge on any atom is -0.463 e. The predicted octanol–water partition coefficient (Wildman–Crippen LogP) is 5.57. The number of nitrogens with two attached hydrogens (primary N) is 1. The van der Waals surface area contributed by atoms with Gasteiger partial charge in [-0.05, 0) is 69.9 Å². The van der Waals surface area contributed by atoms with Gasteiger partial charge in [0.25, 0.3) is 5.60 Å². The van der Waals surface area contributed by atoms with Crippen molar-refractivity contribution < 1.29 is 42.5 Å². The first-order valence-corrected chi connectivity index (χ1v) is 20.5. The van der Waals surface area contributed by atoms with E-state index in [9.17, 15) is 14.4 Å². The van der Waals surface area contributed by atoms with Crippen molar-refractivity contribution in [1.29, 1.82) is 0 Å². The summed E-state index contributed by atoms with van der Waals surface area (Å²) in [6, 6.07) is 8.13. The van der Waals surface area contributed by atoms with Gasteiger partial charge >= 0.3 is 18.0 Å².